The van der Waals surface area contributed by atoms with E-state index in [0.29, 0.717) is 11.6 Å². The Balaban J connectivity index is 1.54. The Bertz CT molecular complexity index is 1710. The van der Waals surface area contributed by atoms with Gasteiger partial charge in [0.05, 0.1) is 33.0 Å². The first kappa shape index (κ1) is 38.8. The van der Waals surface area contributed by atoms with Gasteiger partial charge in [0.2, 0.25) is 0 Å². The predicted molar refractivity (Wildman–Crippen MR) is 201 cm³/mol. The van der Waals surface area contributed by atoms with E-state index in [2.05, 4.69) is 10.3 Å². The molecular formula is C42H48N2O7S. The van der Waals surface area contributed by atoms with Gasteiger partial charge in [-0.1, -0.05) is 121 Å². The molecule has 10 heteroatoms. The summed E-state index contributed by atoms with van der Waals surface area (Å²) >= 11 is 1.37. The van der Waals surface area contributed by atoms with Crippen LogP contribution >= 0.6 is 11.3 Å². The van der Waals surface area contributed by atoms with Gasteiger partial charge in [0.15, 0.2) is 0 Å². The van der Waals surface area contributed by atoms with Gasteiger partial charge in [0.25, 0.3) is 0 Å². The highest BCUT2D eigenvalue weighted by molar-refractivity contribution is 7.09. The number of amides is 1. The van der Waals surface area contributed by atoms with Crippen LogP contribution in [0.25, 0.3) is 0 Å². The number of rotatable bonds is 19. The van der Waals surface area contributed by atoms with Crippen molar-refractivity contribution < 1.29 is 33.6 Å². The molecule has 1 amide bonds. The van der Waals surface area contributed by atoms with Gasteiger partial charge < -0.3 is 34.1 Å². The van der Waals surface area contributed by atoms with Crippen molar-refractivity contribution in [3.63, 3.8) is 0 Å². The van der Waals surface area contributed by atoms with E-state index in [9.17, 15) is 9.90 Å². The molecule has 0 spiro atoms. The number of hydrogen-bond donors (Lipinski definition) is 2. The number of alkyl carbamates (subject to hydrolysis) is 1. The van der Waals surface area contributed by atoms with Crippen molar-refractivity contribution in [2.45, 2.75) is 83.3 Å². The van der Waals surface area contributed by atoms with Gasteiger partial charge in [-0.15, -0.1) is 11.3 Å². The number of thiazole rings is 1. The molecule has 9 nitrogen and oxygen atoms in total. The summed E-state index contributed by atoms with van der Waals surface area (Å²) in [6.07, 6.45) is -2.99. The van der Waals surface area contributed by atoms with Crippen LogP contribution in [-0.4, -0.2) is 52.8 Å². The van der Waals surface area contributed by atoms with Gasteiger partial charge in [-0.3, -0.25) is 0 Å². The highest BCUT2D eigenvalue weighted by Gasteiger charge is 2.43. The molecule has 4 aromatic carbocycles. The summed E-state index contributed by atoms with van der Waals surface area (Å²) in [7, 11) is 0. The Kier molecular flexibility index (Phi) is 14.9. The second-order valence-corrected chi connectivity index (χ2v) is 14.3. The van der Waals surface area contributed by atoms with E-state index in [1.54, 1.807) is 27.0 Å². The van der Waals surface area contributed by atoms with E-state index in [0.717, 1.165) is 22.3 Å². The van der Waals surface area contributed by atoms with Crippen molar-refractivity contribution in [1.29, 1.82) is 0 Å². The highest BCUT2D eigenvalue weighted by Crippen LogP contribution is 2.31. The molecule has 0 radical (unpaired) electrons. The summed E-state index contributed by atoms with van der Waals surface area (Å²) in [6, 6.07) is 38.1. The maximum Gasteiger partial charge on any atom is 0.408 e. The second kappa shape index (κ2) is 20.0. The first-order valence-corrected chi connectivity index (χ1v) is 18.3. The quantitative estimate of drug-likeness (QED) is 0.0882. The Morgan fingerprint density at radius 1 is 0.673 bits per heavy atom. The van der Waals surface area contributed by atoms with Crippen LogP contribution in [0.15, 0.2) is 133 Å². The molecule has 0 saturated carbocycles. The number of carbonyl (C=O) groups is 1. The molecule has 0 aliphatic rings. The Labute approximate surface area is 310 Å². The fourth-order valence-electron chi connectivity index (χ4n) is 5.56. The smallest absolute Gasteiger partial charge is 0.408 e. The first-order valence-electron chi connectivity index (χ1n) is 17.4. The molecule has 274 valence electrons. The number of ether oxygens (including phenoxy) is 5. The standard InChI is InChI=1S/C42H48N2O7S/c1-42(2,3)51-41(46)44-36(40-43-24-25-52-40)38(49-28-33-20-12-6-13-21-33)39(50-29-34-22-14-7-15-23-34)37(48-27-32-18-10-5-11-19-32)35(45)30-47-26-31-16-8-4-9-17-31/h4-25,35-39,45H,26-30H2,1-3H3,(H,44,46)/t35-,36+,37-,38+,39+/m1/s1. The van der Waals surface area contributed by atoms with E-state index >= 15 is 0 Å². The van der Waals surface area contributed by atoms with Crippen LogP contribution in [0.1, 0.15) is 54.1 Å². The molecule has 0 aliphatic carbocycles. The van der Waals surface area contributed by atoms with Crippen molar-refractivity contribution in [3.05, 3.63) is 160 Å². The minimum absolute atomic E-state index is 0.0492. The van der Waals surface area contributed by atoms with Crippen LogP contribution in [0.4, 0.5) is 4.79 Å². The summed E-state index contributed by atoms with van der Waals surface area (Å²) in [6.45, 7) is 6.20. The molecule has 0 saturated heterocycles. The van der Waals surface area contributed by atoms with Gasteiger partial charge in [-0.25, -0.2) is 9.78 Å². The summed E-state index contributed by atoms with van der Waals surface area (Å²) < 4.78 is 32.0. The number of aliphatic hydroxyl groups excluding tert-OH is 1. The fourth-order valence-corrected chi connectivity index (χ4v) is 6.28. The molecule has 0 unspecified atom stereocenters. The lowest BCUT2D eigenvalue weighted by molar-refractivity contribution is -0.193. The third-order valence-electron chi connectivity index (χ3n) is 8.00. The van der Waals surface area contributed by atoms with Gasteiger partial charge in [-0.2, -0.15) is 0 Å². The molecule has 0 aliphatic heterocycles. The normalized spacial score (nSPS) is 14.5. The number of aliphatic hydroxyl groups is 1. The summed E-state index contributed by atoms with van der Waals surface area (Å²) in [5, 5.41) is 17.5. The largest absolute Gasteiger partial charge is 0.444 e. The molecule has 0 bridgehead atoms. The van der Waals surface area contributed by atoms with Crippen molar-refractivity contribution >= 4 is 17.4 Å². The molecule has 5 atom stereocenters. The maximum atomic E-state index is 13.5. The van der Waals surface area contributed by atoms with Gasteiger partial charge in [0.1, 0.15) is 41.1 Å². The van der Waals surface area contributed by atoms with Crippen molar-refractivity contribution in [2.75, 3.05) is 6.61 Å². The minimum atomic E-state index is -1.16. The second-order valence-electron chi connectivity index (χ2n) is 13.3. The number of hydrogen-bond acceptors (Lipinski definition) is 9. The molecule has 2 N–H and O–H groups in total. The number of nitrogens with one attached hydrogen (secondary N) is 1. The molecule has 5 aromatic rings. The Hall–Kier alpha value is -4.42. The summed E-state index contributed by atoms with van der Waals surface area (Å²) in [5.41, 5.74) is 2.96. The Morgan fingerprint density at radius 2 is 1.12 bits per heavy atom. The van der Waals surface area contributed by atoms with Crippen LogP contribution in [0.3, 0.4) is 0 Å². The van der Waals surface area contributed by atoms with E-state index < -0.39 is 42.2 Å². The predicted octanol–water partition coefficient (Wildman–Crippen LogP) is 8.04. The SMILES string of the molecule is CC(C)(C)OC(=O)N[C@H](c1nccs1)[C@H](OCc1ccccc1)[C@@H](OCc1ccccc1)[C@H](OCc1ccccc1)[C@H](O)COCc1ccccc1. The van der Waals surface area contributed by atoms with E-state index in [1.165, 1.54) is 11.3 Å². The third kappa shape index (κ3) is 12.7. The number of nitrogens with zero attached hydrogens (tertiary/aromatic N) is 1. The Morgan fingerprint density at radius 3 is 1.56 bits per heavy atom. The van der Waals surface area contributed by atoms with E-state index in [4.69, 9.17) is 23.7 Å². The molecule has 1 aromatic heterocycles. The van der Waals surface area contributed by atoms with E-state index in [-0.39, 0.29) is 26.4 Å². The van der Waals surface area contributed by atoms with Gasteiger partial charge in [-0.05, 0) is 43.0 Å². The summed E-state index contributed by atoms with van der Waals surface area (Å²) in [5.74, 6) is 0. The van der Waals surface area contributed by atoms with Gasteiger partial charge >= 0.3 is 6.09 Å². The average molecular weight is 725 g/mol. The maximum absolute atomic E-state index is 13.5. The third-order valence-corrected chi connectivity index (χ3v) is 8.86. The topological polar surface area (TPSA) is 108 Å². The molecule has 52 heavy (non-hydrogen) atoms. The van der Waals surface area contributed by atoms with Crippen molar-refractivity contribution in [1.82, 2.24) is 10.3 Å². The van der Waals surface area contributed by atoms with Crippen LogP contribution in [-0.2, 0) is 50.1 Å². The van der Waals surface area contributed by atoms with Crippen LogP contribution in [0.5, 0.6) is 0 Å². The van der Waals surface area contributed by atoms with E-state index in [1.807, 2.05) is 127 Å². The molecule has 1 heterocycles. The summed E-state index contributed by atoms with van der Waals surface area (Å²) in [4.78, 5) is 18.1. The highest BCUT2D eigenvalue weighted by atomic mass is 32.1. The first-order chi connectivity index (χ1) is 25.2. The average Bonchev–Trinajstić information content (AvgIpc) is 3.69. The van der Waals surface area contributed by atoms with Crippen LogP contribution < -0.4 is 5.32 Å². The van der Waals surface area contributed by atoms with Crippen LogP contribution in [0, 0.1) is 0 Å². The monoisotopic (exact) mass is 724 g/mol. The molecule has 5 rings (SSSR count). The van der Waals surface area contributed by atoms with Crippen LogP contribution in [0.2, 0.25) is 0 Å². The van der Waals surface area contributed by atoms with Gasteiger partial charge in [0, 0.05) is 11.6 Å². The lowest BCUT2D eigenvalue weighted by atomic mass is 9.96. The zero-order valence-corrected chi connectivity index (χ0v) is 30.7. The zero-order valence-electron chi connectivity index (χ0n) is 29.9. The number of carbonyl (C=O) groups excluding carboxylic acids is 1. The zero-order chi connectivity index (χ0) is 36.6. The molecular weight excluding hydrogens is 677 g/mol. The molecule has 0 fully saturated rings. The lowest BCUT2D eigenvalue weighted by Crippen LogP contribution is -2.54. The lowest BCUT2D eigenvalue weighted by Gasteiger charge is -2.39. The number of aromatic nitrogens is 1. The fraction of sp³-hybridized carbons (Fsp3) is 0.333. The number of benzene rings is 4. The van der Waals surface area contributed by atoms with Crippen molar-refractivity contribution in [3.8, 4) is 0 Å². The van der Waals surface area contributed by atoms with Crippen molar-refractivity contribution in [2.24, 2.45) is 0 Å². The minimum Gasteiger partial charge on any atom is -0.444 e.